The lowest BCUT2D eigenvalue weighted by molar-refractivity contribution is 0.280. The molecule has 0 saturated carbocycles. The fourth-order valence-corrected chi connectivity index (χ4v) is 2.11. The number of nitrogens with zero attached hydrogens (tertiary/aromatic N) is 3. The van der Waals surface area contributed by atoms with Crippen molar-refractivity contribution in [1.29, 1.82) is 0 Å². The molecule has 4 nitrogen and oxygen atoms in total. The molecule has 1 N–H and O–H groups in total. The van der Waals surface area contributed by atoms with Gasteiger partial charge in [-0.2, -0.15) is 5.10 Å². The van der Waals surface area contributed by atoms with Crippen LogP contribution in [-0.4, -0.2) is 19.9 Å². The fourth-order valence-electron chi connectivity index (χ4n) is 1.61. The summed E-state index contributed by atoms with van der Waals surface area (Å²) in [5, 5.41) is 14.3. The summed E-state index contributed by atoms with van der Waals surface area (Å²) in [5.74, 6) is 0.600. The van der Waals surface area contributed by atoms with Crippen molar-refractivity contribution in [2.75, 3.05) is 0 Å². The van der Waals surface area contributed by atoms with Crippen LogP contribution in [0.15, 0.2) is 16.7 Å². The third-order valence-electron chi connectivity index (χ3n) is 2.48. The quantitative estimate of drug-likeness (QED) is 0.927. The summed E-state index contributed by atoms with van der Waals surface area (Å²) in [4.78, 5) is 4.27. The van der Waals surface area contributed by atoms with Gasteiger partial charge in [0.1, 0.15) is 0 Å². The first-order valence-corrected chi connectivity index (χ1v) is 6.19. The monoisotopic (exact) mass is 315 g/mol. The van der Waals surface area contributed by atoms with E-state index in [4.69, 9.17) is 11.6 Å². The van der Waals surface area contributed by atoms with Crippen molar-refractivity contribution < 1.29 is 5.11 Å². The Morgan fingerprint density at radius 2 is 2.18 bits per heavy atom. The van der Waals surface area contributed by atoms with Gasteiger partial charge in [-0.05, 0) is 35.8 Å². The molecule has 0 atom stereocenters. The number of hydrogen-bond donors (Lipinski definition) is 1. The van der Waals surface area contributed by atoms with E-state index in [1.165, 1.54) is 0 Å². The number of aromatic nitrogens is 3. The SMILES string of the molecule is Cc1nn(-c2ncc(Br)cc2CO)c(C)c1Cl. The van der Waals surface area contributed by atoms with Crippen LogP contribution in [0.3, 0.4) is 0 Å². The molecule has 0 aliphatic rings. The van der Waals surface area contributed by atoms with Gasteiger partial charge in [0.25, 0.3) is 0 Å². The Hall–Kier alpha value is -0.910. The molecule has 2 rings (SSSR count). The summed E-state index contributed by atoms with van der Waals surface area (Å²) >= 11 is 9.41. The van der Waals surface area contributed by atoms with Gasteiger partial charge in [-0.3, -0.25) is 0 Å². The van der Waals surface area contributed by atoms with Gasteiger partial charge in [0.05, 0.1) is 23.0 Å². The molecular formula is C11H11BrClN3O. The Labute approximate surface area is 112 Å². The van der Waals surface area contributed by atoms with Gasteiger partial charge < -0.3 is 5.11 Å². The molecule has 0 aliphatic heterocycles. The second kappa shape index (κ2) is 4.76. The maximum atomic E-state index is 9.34. The zero-order valence-electron chi connectivity index (χ0n) is 9.41. The van der Waals surface area contributed by atoms with E-state index >= 15 is 0 Å². The molecule has 0 saturated heterocycles. The Morgan fingerprint density at radius 3 is 2.71 bits per heavy atom. The molecule has 2 heterocycles. The van der Waals surface area contributed by atoms with Crippen molar-refractivity contribution in [3.63, 3.8) is 0 Å². The first kappa shape index (κ1) is 12.5. The lowest BCUT2D eigenvalue weighted by Gasteiger charge is -2.08. The van der Waals surface area contributed by atoms with Gasteiger partial charge in [0.2, 0.25) is 0 Å². The smallest absolute Gasteiger partial charge is 0.159 e. The molecule has 2 aromatic rings. The van der Waals surface area contributed by atoms with E-state index in [0.29, 0.717) is 16.4 Å². The molecule has 90 valence electrons. The van der Waals surface area contributed by atoms with Crippen LogP contribution in [0.25, 0.3) is 5.82 Å². The predicted octanol–water partition coefficient (Wildman–Crippen LogP) is 2.79. The highest BCUT2D eigenvalue weighted by atomic mass is 79.9. The largest absolute Gasteiger partial charge is 0.392 e. The van der Waals surface area contributed by atoms with Crippen LogP contribution in [-0.2, 0) is 6.61 Å². The molecule has 0 aliphatic carbocycles. The standard InChI is InChI=1S/C11H11BrClN3O/c1-6-10(13)7(2)16(15-6)11-8(5-17)3-9(12)4-14-11/h3-4,17H,5H2,1-2H3. The van der Waals surface area contributed by atoms with Crippen molar-refractivity contribution in [3.8, 4) is 5.82 Å². The predicted molar refractivity (Wildman–Crippen MR) is 69.5 cm³/mol. The number of rotatable bonds is 2. The van der Waals surface area contributed by atoms with Gasteiger partial charge in [0, 0.05) is 16.2 Å². The highest BCUT2D eigenvalue weighted by molar-refractivity contribution is 9.10. The number of aliphatic hydroxyl groups excluding tert-OH is 1. The zero-order chi connectivity index (χ0) is 12.6. The summed E-state index contributed by atoms with van der Waals surface area (Å²) < 4.78 is 2.47. The van der Waals surface area contributed by atoms with Gasteiger partial charge in [0.15, 0.2) is 5.82 Å². The second-order valence-corrected chi connectivity index (χ2v) is 4.98. The van der Waals surface area contributed by atoms with E-state index in [1.807, 2.05) is 19.9 Å². The average molecular weight is 317 g/mol. The molecule has 17 heavy (non-hydrogen) atoms. The minimum absolute atomic E-state index is 0.0995. The van der Waals surface area contributed by atoms with Gasteiger partial charge in [-0.1, -0.05) is 11.6 Å². The lowest BCUT2D eigenvalue weighted by atomic mass is 10.2. The van der Waals surface area contributed by atoms with Crippen LogP contribution in [0.4, 0.5) is 0 Å². The Bertz CT molecular complexity index is 568. The number of pyridine rings is 1. The highest BCUT2D eigenvalue weighted by Gasteiger charge is 2.14. The number of aryl methyl sites for hydroxylation is 1. The minimum Gasteiger partial charge on any atom is -0.392 e. The number of hydrogen-bond acceptors (Lipinski definition) is 3. The van der Waals surface area contributed by atoms with Crippen molar-refractivity contribution in [1.82, 2.24) is 14.8 Å². The van der Waals surface area contributed by atoms with Gasteiger partial charge in [-0.15, -0.1) is 0 Å². The van der Waals surface area contributed by atoms with Gasteiger partial charge in [-0.25, -0.2) is 9.67 Å². The van der Waals surface area contributed by atoms with Crippen molar-refractivity contribution >= 4 is 27.5 Å². The first-order valence-electron chi connectivity index (χ1n) is 5.02. The van der Waals surface area contributed by atoms with E-state index < -0.39 is 0 Å². The molecule has 0 aromatic carbocycles. The Morgan fingerprint density at radius 1 is 1.47 bits per heavy atom. The Kier molecular flexibility index (Phi) is 3.51. The summed E-state index contributed by atoms with van der Waals surface area (Å²) in [6.07, 6.45) is 1.67. The highest BCUT2D eigenvalue weighted by Crippen LogP contribution is 2.24. The van der Waals surface area contributed by atoms with Crippen LogP contribution in [0.5, 0.6) is 0 Å². The van der Waals surface area contributed by atoms with Gasteiger partial charge >= 0.3 is 0 Å². The zero-order valence-corrected chi connectivity index (χ0v) is 11.7. The number of aliphatic hydroxyl groups is 1. The maximum absolute atomic E-state index is 9.34. The third-order valence-corrected chi connectivity index (χ3v) is 3.46. The first-order chi connectivity index (χ1) is 8.04. The van der Waals surface area contributed by atoms with E-state index in [9.17, 15) is 5.11 Å². The minimum atomic E-state index is -0.0995. The van der Waals surface area contributed by atoms with E-state index in [0.717, 1.165) is 15.9 Å². The lowest BCUT2D eigenvalue weighted by Crippen LogP contribution is -2.06. The second-order valence-electron chi connectivity index (χ2n) is 3.69. The molecule has 0 amide bonds. The molecule has 0 radical (unpaired) electrons. The topological polar surface area (TPSA) is 50.9 Å². The molecule has 2 aromatic heterocycles. The molecule has 0 spiro atoms. The van der Waals surface area contributed by atoms with Crippen LogP contribution in [0, 0.1) is 13.8 Å². The van der Waals surface area contributed by atoms with Crippen LogP contribution in [0.1, 0.15) is 17.0 Å². The van der Waals surface area contributed by atoms with Crippen LogP contribution < -0.4 is 0 Å². The summed E-state index contributed by atoms with van der Waals surface area (Å²) in [6.45, 7) is 3.61. The number of halogens is 2. The third kappa shape index (κ3) is 2.22. The fraction of sp³-hybridized carbons (Fsp3) is 0.273. The summed E-state index contributed by atoms with van der Waals surface area (Å²) in [5.41, 5.74) is 2.26. The van der Waals surface area contributed by atoms with Crippen LogP contribution in [0.2, 0.25) is 5.02 Å². The molecule has 0 bridgehead atoms. The summed E-state index contributed by atoms with van der Waals surface area (Å²) in [6, 6.07) is 1.81. The molecule has 0 fully saturated rings. The Balaban J connectivity index is 2.64. The van der Waals surface area contributed by atoms with E-state index in [-0.39, 0.29) is 6.61 Å². The normalized spacial score (nSPS) is 10.9. The maximum Gasteiger partial charge on any atom is 0.159 e. The molecular weight excluding hydrogens is 305 g/mol. The van der Waals surface area contributed by atoms with Crippen molar-refractivity contribution in [2.24, 2.45) is 0 Å². The van der Waals surface area contributed by atoms with E-state index in [1.54, 1.807) is 10.9 Å². The average Bonchev–Trinajstić information content (AvgIpc) is 2.57. The molecule has 6 heteroatoms. The molecule has 0 unspecified atom stereocenters. The summed E-state index contributed by atoms with van der Waals surface area (Å²) in [7, 11) is 0. The van der Waals surface area contributed by atoms with E-state index in [2.05, 4.69) is 26.0 Å². The van der Waals surface area contributed by atoms with Crippen LogP contribution >= 0.6 is 27.5 Å². The van der Waals surface area contributed by atoms with Crippen molar-refractivity contribution in [3.05, 3.63) is 38.7 Å². The van der Waals surface area contributed by atoms with Crippen molar-refractivity contribution in [2.45, 2.75) is 20.5 Å².